The summed E-state index contributed by atoms with van der Waals surface area (Å²) in [4.78, 5) is 22.8. The molecule has 0 spiro atoms. The second kappa shape index (κ2) is 7.35. The first kappa shape index (κ1) is 15.7. The number of nitrogens with one attached hydrogen (secondary N) is 1. The molecular formula is C15H18N4O3. The topological polar surface area (TPSA) is 97.1 Å². The molecule has 1 atom stereocenters. The van der Waals surface area contributed by atoms with Gasteiger partial charge in [0.1, 0.15) is 6.54 Å². The van der Waals surface area contributed by atoms with E-state index in [1.165, 1.54) is 10.9 Å². The first-order valence-electron chi connectivity index (χ1n) is 7.08. The Labute approximate surface area is 128 Å². The zero-order valence-electron chi connectivity index (χ0n) is 12.3. The van der Waals surface area contributed by atoms with Crippen molar-refractivity contribution in [3.63, 3.8) is 0 Å². The summed E-state index contributed by atoms with van der Waals surface area (Å²) in [5.74, 6) is -1.40. The van der Waals surface area contributed by atoms with Crippen molar-refractivity contribution < 1.29 is 14.7 Å². The minimum Gasteiger partial charge on any atom is -0.476 e. The number of rotatable bonds is 7. The second-order valence-corrected chi connectivity index (χ2v) is 4.93. The Balaban J connectivity index is 2.00. The van der Waals surface area contributed by atoms with Crippen LogP contribution in [-0.2, 0) is 11.3 Å². The molecule has 0 aliphatic carbocycles. The molecule has 2 aromatic rings. The molecule has 0 aliphatic rings. The quantitative estimate of drug-likeness (QED) is 0.810. The highest BCUT2D eigenvalue weighted by Gasteiger charge is 2.15. The maximum absolute atomic E-state index is 12.1. The summed E-state index contributed by atoms with van der Waals surface area (Å²) in [5, 5.41) is 18.8. The van der Waals surface area contributed by atoms with Crippen molar-refractivity contribution in [2.24, 2.45) is 0 Å². The zero-order valence-corrected chi connectivity index (χ0v) is 12.3. The fraction of sp³-hybridized carbons (Fsp3) is 0.333. The van der Waals surface area contributed by atoms with Crippen LogP contribution in [0.4, 0.5) is 0 Å². The maximum Gasteiger partial charge on any atom is 0.358 e. The van der Waals surface area contributed by atoms with Crippen LogP contribution in [0.3, 0.4) is 0 Å². The third-order valence-corrected chi connectivity index (χ3v) is 3.18. The van der Waals surface area contributed by atoms with Gasteiger partial charge < -0.3 is 10.4 Å². The summed E-state index contributed by atoms with van der Waals surface area (Å²) in [7, 11) is 0. The van der Waals surface area contributed by atoms with Crippen LogP contribution in [0.2, 0.25) is 0 Å². The fourth-order valence-corrected chi connectivity index (χ4v) is 2.16. The Bertz CT molecular complexity index is 639. The van der Waals surface area contributed by atoms with Crippen LogP contribution in [-0.4, -0.2) is 32.0 Å². The number of benzene rings is 1. The van der Waals surface area contributed by atoms with Gasteiger partial charge in [0.15, 0.2) is 5.69 Å². The van der Waals surface area contributed by atoms with Crippen LogP contribution < -0.4 is 5.32 Å². The van der Waals surface area contributed by atoms with E-state index in [0.29, 0.717) is 0 Å². The summed E-state index contributed by atoms with van der Waals surface area (Å²) in [5.41, 5.74) is 0.864. The molecule has 1 aromatic carbocycles. The third kappa shape index (κ3) is 4.15. The molecule has 7 heteroatoms. The molecule has 116 valence electrons. The molecule has 1 amide bonds. The van der Waals surface area contributed by atoms with Gasteiger partial charge in [0.2, 0.25) is 5.91 Å². The van der Waals surface area contributed by atoms with Crippen molar-refractivity contribution in [3.05, 3.63) is 47.8 Å². The standard InChI is InChI=1S/C15H18N4O3/c1-2-6-12(11-7-4-3-5-8-11)16-14(20)10-19-9-13(15(21)22)17-18-19/h3-5,7-9,12H,2,6,10H2,1H3,(H,16,20)(H,21,22). The lowest BCUT2D eigenvalue weighted by molar-refractivity contribution is -0.122. The number of carboxylic acids is 1. The monoisotopic (exact) mass is 302 g/mol. The Morgan fingerprint density at radius 3 is 2.64 bits per heavy atom. The average Bonchev–Trinajstić information content (AvgIpc) is 2.96. The molecular weight excluding hydrogens is 284 g/mol. The van der Waals surface area contributed by atoms with Gasteiger partial charge in [0.05, 0.1) is 12.2 Å². The molecule has 0 bridgehead atoms. The maximum atomic E-state index is 12.1. The molecule has 0 radical (unpaired) electrons. The normalized spacial score (nSPS) is 11.9. The number of carboxylic acid groups (broad SMARTS) is 1. The Kier molecular flexibility index (Phi) is 5.24. The molecule has 0 saturated carbocycles. The van der Waals surface area contributed by atoms with Gasteiger partial charge in [0, 0.05) is 0 Å². The Morgan fingerprint density at radius 1 is 1.32 bits per heavy atom. The molecule has 1 unspecified atom stereocenters. The van der Waals surface area contributed by atoms with E-state index in [1.54, 1.807) is 0 Å². The van der Waals surface area contributed by atoms with Crippen molar-refractivity contribution in [2.45, 2.75) is 32.4 Å². The molecule has 2 rings (SSSR count). The molecule has 1 heterocycles. The average molecular weight is 302 g/mol. The number of carbonyl (C=O) groups is 2. The molecule has 0 aliphatic heterocycles. The summed E-state index contributed by atoms with van der Waals surface area (Å²) >= 11 is 0. The fourth-order valence-electron chi connectivity index (χ4n) is 2.16. The zero-order chi connectivity index (χ0) is 15.9. The van der Waals surface area contributed by atoms with Gasteiger partial charge in [-0.1, -0.05) is 48.9 Å². The number of aromatic carboxylic acids is 1. The number of hydrogen-bond donors (Lipinski definition) is 2. The highest BCUT2D eigenvalue weighted by atomic mass is 16.4. The summed E-state index contributed by atoms with van der Waals surface area (Å²) in [6, 6.07) is 9.66. The van der Waals surface area contributed by atoms with E-state index < -0.39 is 5.97 Å². The second-order valence-electron chi connectivity index (χ2n) is 4.93. The summed E-state index contributed by atoms with van der Waals surface area (Å²) < 4.78 is 1.22. The Hall–Kier alpha value is -2.70. The molecule has 2 N–H and O–H groups in total. The van der Waals surface area contributed by atoms with Crippen molar-refractivity contribution in [2.75, 3.05) is 0 Å². The SMILES string of the molecule is CCCC(NC(=O)Cn1cc(C(=O)O)nn1)c1ccccc1. The Morgan fingerprint density at radius 2 is 2.05 bits per heavy atom. The highest BCUT2D eigenvalue weighted by molar-refractivity contribution is 5.84. The van der Waals surface area contributed by atoms with E-state index in [4.69, 9.17) is 5.11 Å². The highest BCUT2D eigenvalue weighted by Crippen LogP contribution is 2.17. The lowest BCUT2D eigenvalue weighted by Crippen LogP contribution is -2.31. The molecule has 22 heavy (non-hydrogen) atoms. The first-order chi connectivity index (χ1) is 10.6. The van der Waals surface area contributed by atoms with Crippen LogP contribution in [0, 0.1) is 0 Å². The first-order valence-corrected chi connectivity index (χ1v) is 7.08. The van der Waals surface area contributed by atoms with Gasteiger partial charge in [-0.3, -0.25) is 4.79 Å². The van der Waals surface area contributed by atoms with Crippen LogP contribution in [0.25, 0.3) is 0 Å². The van der Waals surface area contributed by atoms with Crippen molar-refractivity contribution in [1.82, 2.24) is 20.3 Å². The summed E-state index contributed by atoms with van der Waals surface area (Å²) in [6.45, 7) is 1.99. The predicted molar refractivity (Wildman–Crippen MR) is 79.2 cm³/mol. The third-order valence-electron chi connectivity index (χ3n) is 3.18. The van der Waals surface area contributed by atoms with E-state index in [9.17, 15) is 9.59 Å². The van der Waals surface area contributed by atoms with E-state index in [-0.39, 0.29) is 24.2 Å². The van der Waals surface area contributed by atoms with Gasteiger partial charge in [-0.05, 0) is 12.0 Å². The molecule has 7 nitrogen and oxygen atoms in total. The summed E-state index contributed by atoms with van der Waals surface area (Å²) in [6.07, 6.45) is 3.00. The lowest BCUT2D eigenvalue weighted by atomic mass is 10.0. The van der Waals surface area contributed by atoms with Crippen molar-refractivity contribution >= 4 is 11.9 Å². The number of nitrogens with zero attached hydrogens (tertiary/aromatic N) is 3. The number of aromatic nitrogens is 3. The van der Waals surface area contributed by atoms with E-state index in [1.807, 2.05) is 30.3 Å². The lowest BCUT2D eigenvalue weighted by Gasteiger charge is -2.18. The van der Waals surface area contributed by atoms with Gasteiger partial charge >= 0.3 is 5.97 Å². The van der Waals surface area contributed by atoms with E-state index >= 15 is 0 Å². The predicted octanol–water partition coefficient (Wildman–Crippen LogP) is 1.63. The minimum atomic E-state index is -1.17. The van der Waals surface area contributed by atoms with Crippen molar-refractivity contribution in [3.8, 4) is 0 Å². The van der Waals surface area contributed by atoms with Crippen molar-refractivity contribution in [1.29, 1.82) is 0 Å². The molecule has 0 saturated heterocycles. The number of carbonyl (C=O) groups excluding carboxylic acids is 1. The molecule has 1 aromatic heterocycles. The van der Waals surface area contributed by atoms with Crippen LogP contribution in [0.5, 0.6) is 0 Å². The number of hydrogen-bond acceptors (Lipinski definition) is 4. The molecule has 0 fully saturated rings. The van der Waals surface area contributed by atoms with Crippen LogP contribution in [0.1, 0.15) is 41.9 Å². The smallest absolute Gasteiger partial charge is 0.358 e. The van der Waals surface area contributed by atoms with Gasteiger partial charge in [-0.25, -0.2) is 9.48 Å². The minimum absolute atomic E-state index is 0.0622. The van der Waals surface area contributed by atoms with Crippen LogP contribution in [0.15, 0.2) is 36.5 Å². The van der Waals surface area contributed by atoms with E-state index in [0.717, 1.165) is 18.4 Å². The van der Waals surface area contributed by atoms with E-state index in [2.05, 4.69) is 22.6 Å². The van der Waals surface area contributed by atoms with Gasteiger partial charge in [-0.15, -0.1) is 5.10 Å². The van der Waals surface area contributed by atoms with Gasteiger partial charge in [0.25, 0.3) is 0 Å². The van der Waals surface area contributed by atoms with Gasteiger partial charge in [-0.2, -0.15) is 0 Å². The van der Waals surface area contributed by atoms with Crippen LogP contribution >= 0.6 is 0 Å². The number of amides is 1. The largest absolute Gasteiger partial charge is 0.476 e.